The van der Waals surface area contributed by atoms with Gasteiger partial charge in [0.2, 0.25) is 5.91 Å². The first kappa shape index (κ1) is 20.0. The summed E-state index contributed by atoms with van der Waals surface area (Å²) in [7, 11) is 1.63. The Morgan fingerprint density at radius 2 is 2.04 bits per heavy atom. The summed E-state index contributed by atoms with van der Waals surface area (Å²) in [6.45, 7) is 11.7. The topological polar surface area (TPSA) is 60.2 Å². The lowest BCUT2D eigenvalue weighted by atomic mass is 10.2. The van der Waals surface area contributed by atoms with Gasteiger partial charge in [-0.05, 0) is 32.9 Å². The van der Waals surface area contributed by atoms with Crippen molar-refractivity contribution in [2.24, 2.45) is 0 Å². The Labute approximate surface area is 159 Å². The van der Waals surface area contributed by atoms with Gasteiger partial charge in [0.15, 0.2) is 11.0 Å². The molecule has 1 amide bonds. The lowest BCUT2D eigenvalue weighted by Crippen LogP contribution is -2.36. The summed E-state index contributed by atoms with van der Waals surface area (Å²) in [6, 6.07) is 7.68. The van der Waals surface area contributed by atoms with Gasteiger partial charge in [-0.1, -0.05) is 30.0 Å². The van der Waals surface area contributed by atoms with Crippen molar-refractivity contribution >= 4 is 17.7 Å². The maximum atomic E-state index is 12.6. The first-order chi connectivity index (χ1) is 12.6. The minimum Gasteiger partial charge on any atom is -0.496 e. The molecule has 1 heterocycles. The summed E-state index contributed by atoms with van der Waals surface area (Å²) in [5.41, 5.74) is 0.860. The van der Waals surface area contributed by atoms with Gasteiger partial charge in [0, 0.05) is 19.6 Å². The lowest BCUT2D eigenvalue weighted by molar-refractivity contribution is -0.129. The molecular formula is C19H26N4O2S. The molecular weight excluding hydrogens is 348 g/mol. The van der Waals surface area contributed by atoms with Crippen molar-refractivity contribution < 1.29 is 9.53 Å². The van der Waals surface area contributed by atoms with Crippen LogP contribution in [0.15, 0.2) is 42.1 Å². The van der Waals surface area contributed by atoms with Crippen molar-refractivity contribution in [1.82, 2.24) is 19.7 Å². The third-order valence-corrected chi connectivity index (χ3v) is 5.15. The van der Waals surface area contributed by atoms with Gasteiger partial charge >= 0.3 is 0 Å². The number of hydrogen-bond acceptors (Lipinski definition) is 5. The highest BCUT2D eigenvalue weighted by Gasteiger charge is 2.24. The van der Waals surface area contributed by atoms with Crippen LogP contribution in [0.4, 0.5) is 0 Å². The largest absolute Gasteiger partial charge is 0.496 e. The van der Waals surface area contributed by atoms with E-state index >= 15 is 0 Å². The molecule has 0 N–H and O–H groups in total. The average Bonchev–Trinajstić information content (AvgIpc) is 3.05. The number of aromatic nitrogens is 3. The highest BCUT2D eigenvalue weighted by Crippen LogP contribution is 2.32. The maximum absolute atomic E-state index is 12.6. The minimum absolute atomic E-state index is 0.104. The van der Waals surface area contributed by atoms with Gasteiger partial charge in [0.25, 0.3) is 0 Å². The number of amides is 1. The molecule has 0 aliphatic rings. The van der Waals surface area contributed by atoms with E-state index in [1.807, 2.05) is 54.5 Å². The third kappa shape index (κ3) is 4.27. The van der Waals surface area contributed by atoms with Gasteiger partial charge in [-0.15, -0.1) is 16.8 Å². The number of nitrogens with zero attached hydrogens (tertiary/aromatic N) is 4. The van der Waals surface area contributed by atoms with E-state index < -0.39 is 0 Å². The van der Waals surface area contributed by atoms with E-state index in [4.69, 9.17) is 4.74 Å². The smallest absolute Gasteiger partial charge is 0.235 e. The molecule has 0 spiro atoms. The Hall–Kier alpha value is -2.28. The first-order valence-electron chi connectivity index (χ1n) is 8.70. The third-order valence-electron chi connectivity index (χ3n) is 4.08. The van der Waals surface area contributed by atoms with Crippen molar-refractivity contribution in [3.05, 3.63) is 36.9 Å². The molecule has 1 aromatic heterocycles. The fraction of sp³-hybridized carbons (Fsp3) is 0.421. The van der Waals surface area contributed by atoms with E-state index in [1.165, 1.54) is 11.8 Å². The first-order valence-corrected chi connectivity index (χ1v) is 9.58. The second kappa shape index (κ2) is 9.43. The number of hydrogen-bond donors (Lipinski definition) is 0. The molecule has 0 bridgehead atoms. The molecule has 140 valence electrons. The Bertz CT molecular complexity index is 756. The van der Waals surface area contributed by atoms with E-state index in [1.54, 1.807) is 13.2 Å². The highest BCUT2D eigenvalue weighted by atomic mass is 32.2. The molecule has 26 heavy (non-hydrogen) atoms. The van der Waals surface area contributed by atoms with E-state index in [-0.39, 0.29) is 11.2 Å². The normalized spacial score (nSPS) is 11.8. The van der Waals surface area contributed by atoms with Crippen LogP contribution in [0.3, 0.4) is 0 Å². The van der Waals surface area contributed by atoms with Gasteiger partial charge in [-0.2, -0.15) is 0 Å². The fourth-order valence-electron chi connectivity index (χ4n) is 2.70. The van der Waals surface area contributed by atoms with Gasteiger partial charge < -0.3 is 9.64 Å². The molecule has 2 aromatic rings. The zero-order chi connectivity index (χ0) is 19.1. The molecule has 0 fully saturated rings. The second-order valence-electron chi connectivity index (χ2n) is 5.68. The number of rotatable bonds is 9. The van der Waals surface area contributed by atoms with Crippen LogP contribution in [-0.2, 0) is 11.3 Å². The fourth-order valence-corrected chi connectivity index (χ4v) is 3.64. The van der Waals surface area contributed by atoms with Crippen LogP contribution in [-0.4, -0.2) is 51.0 Å². The number of carbonyl (C=O) groups excluding carboxylic acids is 1. The molecule has 1 atom stereocenters. The standard InChI is InChI=1S/C19H26N4O2S/c1-6-13-23-17(15-11-9-10-12-16(15)25-5)20-21-19(23)26-14(4)18(24)22(7-2)8-3/h6,9-12,14H,1,7-8,13H2,2-5H3. The Kier molecular flexibility index (Phi) is 7.26. The van der Waals surface area contributed by atoms with Crippen LogP contribution in [0.5, 0.6) is 5.75 Å². The quantitative estimate of drug-likeness (QED) is 0.497. The van der Waals surface area contributed by atoms with Crippen molar-refractivity contribution in [3.8, 4) is 17.1 Å². The van der Waals surface area contributed by atoms with Crippen LogP contribution in [0.25, 0.3) is 11.4 Å². The zero-order valence-corrected chi connectivity index (χ0v) is 16.6. The van der Waals surface area contributed by atoms with Crippen LogP contribution < -0.4 is 4.74 Å². The van der Waals surface area contributed by atoms with E-state index in [9.17, 15) is 4.79 Å². The van der Waals surface area contributed by atoms with E-state index in [0.717, 1.165) is 11.3 Å². The van der Waals surface area contributed by atoms with Crippen LogP contribution in [0.2, 0.25) is 0 Å². The van der Waals surface area contributed by atoms with E-state index in [0.29, 0.717) is 30.6 Å². The number of thioether (sulfide) groups is 1. The van der Waals surface area contributed by atoms with Crippen LogP contribution in [0.1, 0.15) is 20.8 Å². The predicted molar refractivity (Wildman–Crippen MR) is 105 cm³/mol. The molecule has 7 heteroatoms. The maximum Gasteiger partial charge on any atom is 0.235 e. The number of allylic oxidation sites excluding steroid dienone is 1. The summed E-state index contributed by atoms with van der Waals surface area (Å²) in [5.74, 6) is 1.54. The summed E-state index contributed by atoms with van der Waals surface area (Å²) in [6.07, 6.45) is 1.79. The molecule has 0 saturated carbocycles. The van der Waals surface area contributed by atoms with E-state index in [2.05, 4.69) is 16.8 Å². The highest BCUT2D eigenvalue weighted by molar-refractivity contribution is 8.00. The molecule has 0 aliphatic heterocycles. The Morgan fingerprint density at radius 1 is 1.35 bits per heavy atom. The average molecular weight is 375 g/mol. The predicted octanol–water partition coefficient (Wildman–Crippen LogP) is 3.49. The summed E-state index contributed by atoms with van der Waals surface area (Å²) in [5, 5.41) is 9.12. The van der Waals surface area contributed by atoms with Crippen molar-refractivity contribution in [2.75, 3.05) is 20.2 Å². The van der Waals surface area contributed by atoms with Gasteiger partial charge in [0.05, 0.1) is 17.9 Å². The van der Waals surface area contributed by atoms with Crippen LogP contribution in [0, 0.1) is 0 Å². The number of benzene rings is 1. The lowest BCUT2D eigenvalue weighted by Gasteiger charge is -2.22. The molecule has 0 radical (unpaired) electrons. The molecule has 1 unspecified atom stereocenters. The molecule has 0 saturated heterocycles. The SMILES string of the molecule is C=CCn1c(SC(C)C(=O)N(CC)CC)nnc1-c1ccccc1OC. The van der Waals surface area contributed by atoms with Gasteiger partial charge in [0.1, 0.15) is 5.75 Å². The zero-order valence-electron chi connectivity index (χ0n) is 15.8. The van der Waals surface area contributed by atoms with Crippen molar-refractivity contribution in [1.29, 1.82) is 0 Å². The summed E-state index contributed by atoms with van der Waals surface area (Å²) in [4.78, 5) is 14.4. The minimum atomic E-state index is -0.242. The molecule has 2 rings (SSSR count). The second-order valence-corrected chi connectivity index (χ2v) is 6.98. The number of carbonyl (C=O) groups is 1. The Balaban J connectivity index is 2.35. The number of para-hydroxylation sites is 1. The summed E-state index contributed by atoms with van der Waals surface area (Å²) < 4.78 is 7.41. The summed E-state index contributed by atoms with van der Waals surface area (Å²) >= 11 is 1.42. The Morgan fingerprint density at radius 3 is 2.65 bits per heavy atom. The van der Waals surface area contributed by atoms with Crippen LogP contribution >= 0.6 is 11.8 Å². The number of methoxy groups -OCH3 is 1. The molecule has 6 nitrogen and oxygen atoms in total. The van der Waals surface area contributed by atoms with Gasteiger partial charge in [-0.25, -0.2) is 0 Å². The monoisotopic (exact) mass is 374 g/mol. The van der Waals surface area contributed by atoms with Crippen molar-refractivity contribution in [3.63, 3.8) is 0 Å². The van der Waals surface area contributed by atoms with Crippen molar-refractivity contribution in [2.45, 2.75) is 37.7 Å². The molecule has 0 aliphatic carbocycles. The molecule has 1 aromatic carbocycles. The number of ether oxygens (including phenoxy) is 1. The van der Waals surface area contributed by atoms with Gasteiger partial charge in [-0.3, -0.25) is 9.36 Å².